The number of hydrogen-bond acceptors (Lipinski definition) is 8. The SMILES string of the molecule is COc1cc(OC)c(OC)cc1CC1(CN2CC3CC(C2)c2cccc(=O)n2C3)C(=O)N(C)C(=O)N(C)C1=O. The first-order valence-electron chi connectivity index (χ1n) is 12.9. The number of aromatic nitrogens is 1. The Hall–Kier alpha value is -3.86. The number of hydrogen-bond donors (Lipinski definition) is 0. The average Bonchev–Trinajstić information content (AvgIpc) is 2.94. The summed E-state index contributed by atoms with van der Waals surface area (Å²) in [5.41, 5.74) is -0.0225. The number of imide groups is 2. The highest BCUT2D eigenvalue weighted by molar-refractivity contribution is 6.19. The van der Waals surface area contributed by atoms with Crippen molar-refractivity contribution >= 4 is 17.8 Å². The lowest BCUT2D eigenvalue weighted by molar-refractivity contribution is -0.159. The van der Waals surface area contributed by atoms with Crippen LogP contribution in [0.15, 0.2) is 35.1 Å². The van der Waals surface area contributed by atoms with Gasteiger partial charge in [-0.3, -0.25) is 24.2 Å². The second-order valence-electron chi connectivity index (χ2n) is 10.7. The van der Waals surface area contributed by atoms with Gasteiger partial charge in [0.2, 0.25) is 11.8 Å². The first kappa shape index (κ1) is 26.7. The van der Waals surface area contributed by atoms with Crippen LogP contribution in [0.2, 0.25) is 0 Å². The molecule has 39 heavy (non-hydrogen) atoms. The number of piperidine rings is 1. The van der Waals surface area contributed by atoms with E-state index in [1.807, 2.05) is 10.6 Å². The summed E-state index contributed by atoms with van der Waals surface area (Å²) in [4.78, 5) is 57.3. The topological polar surface area (TPSA) is 111 Å². The van der Waals surface area contributed by atoms with Crippen molar-refractivity contribution in [3.05, 3.63) is 51.9 Å². The van der Waals surface area contributed by atoms with Crippen molar-refractivity contribution in [3.63, 3.8) is 0 Å². The first-order valence-corrected chi connectivity index (χ1v) is 12.9. The lowest BCUT2D eigenvalue weighted by Crippen LogP contribution is -2.67. The van der Waals surface area contributed by atoms with Crippen LogP contribution in [0.4, 0.5) is 4.79 Å². The first-order chi connectivity index (χ1) is 18.6. The van der Waals surface area contributed by atoms with Gasteiger partial charge in [-0.2, -0.15) is 0 Å². The molecule has 2 aromatic rings. The molecule has 11 nitrogen and oxygen atoms in total. The Balaban J connectivity index is 1.56. The van der Waals surface area contributed by atoms with Crippen LogP contribution in [0.1, 0.15) is 23.6 Å². The van der Waals surface area contributed by atoms with E-state index in [1.54, 1.807) is 24.3 Å². The maximum absolute atomic E-state index is 13.9. The third-order valence-electron chi connectivity index (χ3n) is 8.33. The predicted octanol–water partition coefficient (Wildman–Crippen LogP) is 1.57. The van der Waals surface area contributed by atoms with Gasteiger partial charge in [-0.15, -0.1) is 0 Å². The van der Waals surface area contributed by atoms with Gasteiger partial charge in [-0.1, -0.05) is 6.07 Å². The number of methoxy groups -OCH3 is 3. The number of ether oxygens (including phenoxy) is 3. The van der Waals surface area contributed by atoms with Crippen molar-refractivity contribution in [2.45, 2.75) is 25.3 Å². The van der Waals surface area contributed by atoms with Crippen molar-refractivity contribution < 1.29 is 28.6 Å². The fourth-order valence-electron chi connectivity index (χ4n) is 6.54. The predicted molar refractivity (Wildman–Crippen MR) is 141 cm³/mol. The number of amides is 4. The molecule has 3 aliphatic rings. The third kappa shape index (κ3) is 4.34. The van der Waals surface area contributed by atoms with Crippen molar-refractivity contribution in [2.75, 3.05) is 55.1 Å². The standard InChI is InChI=1S/C28H34N4O7/c1-29-25(34)28(26(35)30(2)27(29)36,12-18-10-22(38-4)23(39-5)11-21(18)37-3)16-31-13-17-9-19(15-31)20-7-6-8-24(33)32(20)14-17/h6-8,10-11,17,19H,9,12-16H2,1-5H3. The zero-order chi connectivity index (χ0) is 28.1. The van der Waals surface area contributed by atoms with Gasteiger partial charge in [0.05, 0.1) is 21.3 Å². The highest BCUT2D eigenvalue weighted by Crippen LogP contribution is 2.42. The molecule has 5 rings (SSSR count). The Kier molecular flexibility index (Phi) is 6.88. The zero-order valence-corrected chi connectivity index (χ0v) is 22.9. The molecule has 2 atom stereocenters. The molecule has 0 radical (unpaired) electrons. The van der Waals surface area contributed by atoms with Gasteiger partial charge >= 0.3 is 6.03 Å². The number of rotatable bonds is 7. The van der Waals surface area contributed by atoms with Crippen LogP contribution in [0.5, 0.6) is 17.2 Å². The van der Waals surface area contributed by atoms with Crippen molar-refractivity contribution in [1.29, 1.82) is 0 Å². The van der Waals surface area contributed by atoms with Gasteiger partial charge in [-0.25, -0.2) is 4.79 Å². The van der Waals surface area contributed by atoms with E-state index < -0.39 is 23.3 Å². The Morgan fingerprint density at radius 3 is 2.13 bits per heavy atom. The molecule has 2 bridgehead atoms. The molecule has 0 saturated carbocycles. The molecule has 4 amide bonds. The number of benzene rings is 1. The zero-order valence-electron chi connectivity index (χ0n) is 22.9. The number of likely N-dealkylation sites (tertiary alicyclic amines) is 1. The van der Waals surface area contributed by atoms with Crippen molar-refractivity contribution in [1.82, 2.24) is 19.3 Å². The number of nitrogens with zero attached hydrogens (tertiary/aromatic N) is 4. The van der Waals surface area contributed by atoms with E-state index >= 15 is 0 Å². The van der Waals surface area contributed by atoms with E-state index in [0.29, 0.717) is 42.4 Å². The van der Waals surface area contributed by atoms with Crippen molar-refractivity contribution in [3.8, 4) is 17.2 Å². The van der Waals surface area contributed by atoms with E-state index in [-0.39, 0.29) is 30.4 Å². The van der Waals surface area contributed by atoms with E-state index in [0.717, 1.165) is 21.9 Å². The van der Waals surface area contributed by atoms with Crippen LogP contribution in [-0.2, 0) is 22.6 Å². The van der Waals surface area contributed by atoms with Gasteiger partial charge in [0.1, 0.15) is 11.2 Å². The molecule has 1 aromatic carbocycles. The lowest BCUT2D eigenvalue weighted by Gasteiger charge is -2.48. The Morgan fingerprint density at radius 2 is 1.49 bits per heavy atom. The van der Waals surface area contributed by atoms with Gasteiger partial charge in [0.25, 0.3) is 5.56 Å². The number of barbiturate groups is 1. The summed E-state index contributed by atoms with van der Waals surface area (Å²) in [5.74, 6) is 0.528. The second kappa shape index (κ2) is 10.0. The second-order valence-corrected chi connectivity index (χ2v) is 10.7. The highest BCUT2D eigenvalue weighted by Gasteiger charge is 2.57. The molecule has 0 aliphatic carbocycles. The molecule has 0 N–H and O–H groups in total. The molecule has 208 valence electrons. The maximum Gasteiger partial charge on any atom is 0.332 e. The molecule has 3 aliphatic heterocycles. The molecule has 2 fully saturated rings. The Morgan fingerprint density at radius 1 is 0.846 bits per heavy atom. The van der Waals surface area contributed by atoms with Crippen LogP contribution >= 0.6 is 0 Å². The monoisotopic (exact) mass is 538 g/mol. The summed E-state index contributed by atoms with van der Waals surface area (Å²) in [6.07, 6.45) is 0.939. The largest absolute Gasteiger partial charge is 0.496 e. The molecular formula is C28H34N4O7. The van der Waals surface area contributed by atoms with Crippen LogP contribution in [0, 0.1) is 11.3 Å². The molecule has 2 unspecified atom stereocenters. The van der Waals surface area contributed by atoms with E-state index in [2.05, 4.69) is 4.90 Å². The van der Waals surface area contributed by atoms with Gasteiger partial charge in [-0.05, 0) is 30.0 Å². The van der Waals surface area contributed by atoms with Crippen LogP contribution in [0.3, 0.4) is 0 Å². The summed E-state index contributed by atoms with van der Waals surface area (Å²) in [5, 5.41) is 0. The highest BCUT2D eigenvalue weighted by atomic mass is 16.5. The molecule has 11 heteroatoms. The van der Waals surface area contributed by atoms with Gasteiger partial charge < -0.3 is 23.7 Å². The smallest absolute Gasteiger partial charge is 0.332 e. The minimum absolute atomic E-state index is 0.00195. The number of urea groups is 1. The van der Waals surface area contributed by atoms with Gasteiger partial charge in [0, 0.05) is 70.4 Å². The maximum atomic E-state index is 13.9. The van der Waals surface area contributed by atoms with E-state index in [4.69, 9.17) is 14.2 Å². The summed E-state index contributed by atoms with van der Waals surface area (Å²) in [6.45, 7) is 1.93. The Labute approximate surface area is 226 Å². The normalized spacial score (nSPS) is 22.5. The summed E-state index contributed by atoms with van der Waals surface area (Å²) < 4.78 is 18.4. The lowest BCUT2D eigenvalue weighted by atomic mass is 9.75. The van der Waals surface area contributed by atoms with Crippen molar-refractivity contribution in [2.24, 2.45) is 11.3 Å². The van der Waals surface area contributed by atoms with Crippen LogP contribution in [-0.4, -0.2) is 92.2 Å². The van der Waals surface area contributed by atoms with Gasteiger partial charge in [0.15, 0.2) is 11.5 Å². The Bertz CT molecular complexity index is 1360. The van der Waals surface area contributed by atoms with Crippen LogP contribution in [0.25, 0.3) is 0 Å². The quantitative estimate of drug-likeness (QED) is 0.489. The minimum atomic E-state index is -1.58. The third-order valence-corrected chi connectivity index (χ3v) is 8.33. The fraction of sp³-hybridized carbons (Fsp3) is 0.500. The van der Waals surface area contributed by atoms with Crippen LogP contribution < -0.4 is 19.8 Å². The molecule has 0 spiro atoms. The summed E-state index contributed by atoms with van der Waals surface area (Å²) in [6, 6.07) is 8.05. The summed E-state index contributed by atoms with van der Waals surface area (Å²) >= 11 is 0. The number of carbonyl (C=O) groups is 3. The van der Waals surface area contributed by atoms with E-state index in [9.17, 15) is 19.2 Å². The minimum Gasteiger partial charge on any atom is -0.496 e. The number of carbonyl (C=O) groups excluding carboxylic acids is 3. The molecular weight excluding hydrogens is 504 g/mol. The summed E-state index contributed by atoms with van der Waals surface area (Å²) in [7, 11) is 7.34. The average molecular weight is 539 g/mol. The molecule has 1 aromatic heterocycles. The molecule has 2 saturated heterocycles. The van der Waals surface area contributed by atoms with E-state index in [1.165, 1.54) is 35.4 Å². The fourth-order valence-corrected chi connectivity index (χ4v) is 6.54. The molecule has 4 heterocycles. The number of fused-ring (bicyclic) bond motifs is 4. The number of pyridine rings is 1.